The van der Waals surface area contributed by atoms with E-state index in [4.69, 9.17) is 0 Å². The van der Waals surface area contributed by atoms with Crippen LogP contribution in [-0.4, -0.2) is 42.2 Å². The maximum absolute atomic E-state index is 14.3. The molecule has 0 unspecified atom stereocenters. The molecule has 1 amide bonds. The predicted molar refractivity (Wildman–Crippen MR) is 125 cm³/mol. The van der Waals surface area contributed by atoms with Gasteiger partial charge in [0.15, 0.2) is 5.65 Å². The van der Waals surface area contributed by atoms with Crippen molar-refractivity contribution in [2.24, 2.45) is 11.8 Å². The van der Waals surface area contributed by atoms with E-state index in [-0.39, 0.29) is 6.42 Å². The van der Waals surface area contributed by atoms with Crippen molar-refractivity contribution in [3.63, 3.8) is 0 Å². The van der Waals surface area contributed by atoms with Crippen molar-refractivity contribution in [1.29, 1.82) is 0 Å². The number of nitrogens with zero attached hydrogens (tertiary/aromatic N) is 5. The van der Waals surface area contributed by atoms with Gasteiger partial charge in [0.05, 0.1) is 28.8 Å². The predicted octanol–water partition coefficient (Wildman–Crippen LogP) is 4.57. The van der Waals surface area contributed by atoms with Crippen LogP contribution in [0.1, 0.15) is 36.3 Å². The SMILES string of the molecule is O=C(O)[C@@H]1[C@@H](c2ccc(-c3ccc4nnnn4n3)cc2)CCC[C@H]1C(=O)Nc1ccc(C(F)(F)F)cc1F. The smallest absolute Gasteiger partial charge is 0.416 e. The van der Waals surface area contributed by atoms with Gasteiger partial charge in [-0.1, -0.05) is 30.7 Å². The zero-order valence-corrected chi connectivity index (χ0v) is 19.6. The maximum atomic E-state index is 14.3. The van der Waals surface area contributed by atoms with Gasteiger partial charge in [-0.25, -0.2) is 4.39 Å². The minimum absolute atomic E-state index is 0.246. The van der Waals surface area contributed by atoms with Crippen LogP contribution in [0.15, 0.2) is 54.6 Å². The molecule has 0 radical (unpaired) electrons. The highest BCUT2D eigenvalue weighted by Crippen LogP contribution is 2.42. The number of carboxylic acids is 1. The number of amides is 1. The number of rotatable bonds is 5. The molecule has 0 bridgehead atoms. The molecule has 2 aromatic carbocycles. The van der Waals surface area contributed by atoms with E-state index in [0.717, 1.165) is 11.6 Å². The molecule has 2 aromatic heterocycles. The lowest BCUT2D eigenvalue weighted by molar-refractivity contribution is -0.148. The first-order chi connectivity index (χ1) is 18.1. The molecular weight excluding hydrogens is 508 g/mol. The Kier molecular flexibility index (Phi) is 6.51. The largest absolute Gasteiger partial charge is 0.481 e. The van der Waals surface area contributed by atoms with E-state index in [1.54, 1.807) is 36.4 Å². The summed E-state index contributed by atoms with van der Waals surface area (Å²) in [5, 5.41) is 27.8. The van der Waals surface area contributed by atoms with E-state index in [9.17, 15) is 32.3 Å². The third kappa shape index (κ3) is 4.91. The van der Waals surface area contributed by atoms with Crippen LogP contribution in [0.4, 0.5) is 23.2 Å². The lowest BCUT2D eigenvalue weighted by atomic mass is 9.69. The van der Waals surface area contributed by atoms with E-state index in [2.05, 4.69) is 25.9 Å². The first kappa shape index (κ1) is 25.2. The summed E-state index contributed by atoms with van der Waals surface area (Å²) in [5.74, 6) is -5.80. The quantitative estimate of drug-likeness (QED) is 0.364. The first-order valence-corrected chi connectivity index (χ1v) is 11.7. The average Bonchev–Trinajstić information content (AvgIpc) is 3.37. The Morgan fingerprint density at radius 3 is 2.47 bits per heavy atom. The molecule has 5 rings (SSSR count). The summed E-state index contributed by atoms with van der Waals surface area (Å²) in [6, 6.07) is 12.4. The second kappa shape index (κ2) is 9.80. The average molecular weight is 528 g/mol. The number of aromatic nitrogens is 5. The summed E-state index contributed by atoms with van der Waals surface area (Å²) >= 11 is 0. The number of carboxylic acid groups (broad SMARTS) is 1. The molecule has 13 heteroatoms. The Hall–Kier alpha value is -4.42. The molecule has 2 N–H and O–H groups in total. The molecule has 196 valence electrons. The number of benzene rings is 2. The molecular formula is C25H20F4N6O3. The number of tetrazole rings is 1. The summed E-state index contributed by atoms with van der Waals surface area (Å²) in [4.78, 5) is 25.3. The fraction of sp³-hybridized carbons (Fsp3) is 0.280. The van der Waals surface area contributed by atoms with Gasteiger partial charge < -0.3 is 10.4 Å². The molecule has 1 fully saturated rings. The monoisotopic (exact) mass is 528 g/mol. The molecule has 38 heavy (non-hydrogen) atoms. The number of halogens is 4. The van der Waals surface area contributed by atoms with E-state index >= 15 is 0 Å². The third-order valence-electron chi connectivity index (χ3n) is 6.78. The van der Waals surface area contributed by atoms with Crippen LogP contribution >= 0.6 is 0 Å². The van der Waals surface area contributed by atoms with Crippen molar-refractivity contribution in [2.45, 2.75) is 31.4 Å². The Labute approximate surface area is 212 Å². The van der Waals surface area contributed by atoms with Crippen molar-refractivity contribution >= 4 is 23.2 Å². The molecule has 1 aliphatic carbocycles. The third-order valence-corrected chi connectivity index (χ3v) is 6.78. The zero-order valence-electron chi connectivity index (χ0n) is 19.6. The highest BCUT2D eigenvalue weighted by Gasteiger charge is 2.43. The number of alkyl halides is 3. The van der Waals surface area contributed by atoms with Gasteiger partial charge in [0, 0.05) is 5.56 Å². The van der Waals surface area contributed by atoms with Gasteiger partial charge in [0.25, 0.3) is 0 Å². The Balaban J connectivity index is 1.36. The molecule has 1 aliphatic rings. The number of hydrogen-bond acceptors (Lipinski definition) is 6. The summed E-state index contributed by atoms with van der Waals surface area (Å²) in [6.45, 7) is 0. The van der Waals surface area contributed by atoms with Gasteiger partial charge in [-0.15, -0.1) is 14.8 Å². The topological polar surface area (TPSA) is 122 Å². The van der Waals surface area contributed by atoms with Crippen molar-refractivity contribution in [1.82, 2.24) is 25.3 Å². The van der Waals surface area contributed by atoms with Crippen LogP contribution in [0, 0.1) is 17.7 Å². The Bertz CT molecular complexity index is 1510. The van der Waals surface area contributed by atoms with Crippen LogP contribution in [-0.2, 0) is 15.8 Å². The summed E-state index contributed by atoms with van der Waals surface area (Å²) < 4.78 is 54.1. The number of carbonyl (C=O) groups excluding carboxylic acids is 1. The van der Waals surface area contributed by atoms with Crippen molar-refractivity contribution < 1.29 is 32.3 Å². The molecule has 0 aliphatic heterocycles. The summed E-state index contributed by atoms with van der Waals surface area (Å²) in [5.41, 5.74) is 0.920. The van der Waals surface area contributed by atoms with Crippen LogP contribution in [0.25, 0.3) is 16.9 Å². The van der Waals surface area contributed by atoms with Gasteiger partial charge >= 0.3 is 12.1 Å². The molecule has 4 aromatic rings. The minimum Gasteiger partial charge on any atom is -0.481 e. The van der Waals surface area contributed by atoms with Gasteiger partial charge in [0.2, 0.25) is 5.91 Å². The molecule has 2 heterocycles. The normalized spacial score (nSPS) is 19.8. The van der Waals surface area contributed by atoms with Gasteiger partial charge in [-0.2, -0.15) is 13.2 Å². The number of anilines is 1. The lowest BCUT2D eigenvalue weighted by Crippen LogP contribution is -2.40. The molecule has 0 saturated heterocycles. The fourth-order valence-electron chi connectivity index (χ4n) is 4.93. The number of fused-ring (bicyclic) bond motifs is 1. The second-order valence-electron chi connectivity index (χ2n) is 9.06. The lowest BCUT2D eigenvalue weighted by Gasteiger charge is -2.35. The Morgan fingerprint density at radius 2 is 1.79 bits per heavy atom. The molecule has 0 spiro atoms. The van der Waals surface area contributed by atoms with E-state index < -0.39 is 52.9 Å². The van der Waals surface area contributed by atoms with Crippen LogP contribution in [0.3, 0.4) is 0 Å². The standard InChI is InChI=1S/C25H20F4N6O3/c26-18-12-15(25(27,28)29)8-9-20(18)30-23(36)17-3-1-2-16(22(17)24(37)38)13-4-6-14(7-5-13)19-10-11-21-31-33-34-35(21)32-19/h4-12,16-17,22H,1-3H2,(H,30,36)(H,37,38)/t16-,17-,22-/m1/s1. The first-order valence-electron chi connectivity index (χ1n) is 11.7. The molecule has 1 saturated carbocycles. The Morgan fingerprint density at radius 1 is 1.03 bits per heavy atom. The number of carbonyl (C=O) groups is 2. The van der Waals surface area contributed by atoms with E-state index in [1.165, 1.54) is 4.63 Å². The number of nitrogens with one attached hydrogen (secondary N) is 1. The van der Waals surface area contributed by atoms with E-state index in [1.807, 2.05) is 0 Å². The van der Waals surface area contributed by atoms with Crippen LogP contribution in [0.5, 0.6) is 0 Å². The van der Waals surface area contributed by atoms with Crippen molar-refractivity contribution in [2.75, 3.05) is 5.32 Å². The van der Waals surface area contributed by atoms with Crippen molar-refractivity contribution in [3.05, 3.63) is 71.5 Å². The van der Waals surface area contributed by atoms with Gasteiger partial charge in [0.1, 0.15) is 5.82 Å². The van der Waals surface area contributed by atoms with Crippen molar-refractivity contribution in [3.8, 4) is 11.3 Å². The molecule has 3 atom stereocenters. The fourth-order valence-corrected chi connectivity index (χ4v) is 4.93. The second-order valence-corrected chi connectivity index (χ2v) is 9.06. The van der Waals surface area contributed by atoms with Crippen LogP contribution < -0.4 is 5.32 Å². The van der Waals surface area contributed by atoms with Crippen LogP contribution in [0.2, 0.25) is 0 Å². The van der Waals surface area contributed by atoms with Gasteiger partial charge in [-0.05, 0) is 65.1 Å². The molecule has 9 nitrogen and oxygen atoms in total. The summed E-state index contributed by atoms with van der Waals surface area (Å²) in [7, 11) is 0. The van der Waals surface area contributed by atoms with E-state index in [0.29, 0.717) is 41.9 Å². The minimum atomic E-state index is -4.74. The zero-order chi connectivity index (χ0) is 27.0. The summed E-state index contributed by atoms with van der Waals surface area (Å²) in [6.07, 6.45) is -3.43. The number of aliphatic carboxylic acids is 1. The number of hydrogen-bond donors (Lipinski definition) is 2. The van der Waals surface area contributed by atoms with Gasteiger partial charge in [-0.3, -0.25) is 9.59 Å². The highest BCUT2D eigenvalue weighted by atomic mass is 19.4. The highest BCUT2D eigenvalue weighted by molar-refractivity contribution is 5.95. The maximum Gasteiger partial charge on any atom is 0.416 e.